The minimum absolute atomic E-state index is 0.0596. The Morgan fingerprint density at radius 1 is 1.47 bits per heavy atom. The predicted octanol–water partition coefficient (Wildman–Crippen LogP) is 2.34. The molecule has 0 atom stereocenters. The quantitative estimate of drug-likeness (QED) is 0.669. The summed E-state index contributed by atoms with van der Waals surface area (Å²) in [5.74, 6) is 1.10. The molecular formula is C11H11BrN4O3. The van der Waals surface area contributed by atoms with Gasteiger partial charge in [0.2, 0.25) is 5.89 Å². The Bertz CT molecular complexity index is 599. The zero-order chi connectivity index (χ0) is 13.8. The Labute approximate surface area is 117 Å². The van der Waals surface area contributed by atoms with Crippen LogP contribution in [0.3, 0.4) is 0 Å². The largest absolute Gasteiger partial charge is 0.340 e. The summed E-state index contributed by atoms with van der Waals surface area (Å²) in [6.45, 7) is 2.75. The van der Waals surface area contributed by atoms with Crippen LogP contribution in [0.5, 0.6) is 0 Å². The lowest BCUT2D eigenvalue weighted by Crippen LogP contribution is -2.14. The van der Waals surface area contributed by atoms with Gasteiger partial charge in [0.05, 0.1) is 11.5 Å². The lowest BCUT2D eigenvalue weighted by Gasteiger charge is -2.04. The van der Waals surface area contributed by atoms with Crippen molar-refractivity contribution in [3.63, 3.8) is 0 Å². The molecule has 0 aliphatic carbocycles. The number of non-ortho nitro benzene ring substituents is 1. The van der Waals surface area contributed by atoms with Crippen LogP contribution in [0.25, 0.3) is 0 Å². The maximum atomic E-state index is 10.6. The van der Waals surface area contributed by atoms with Gasteiger partial charge in [-0.1, -0.05) is 21.1 Å². The van der Waals surface area contributed by atoms with Crippen LogP contribution in [0.4, 0.5) is 5.69 Å². The van der Waals surface area contributed by atoms with Crippen LogP contribution >= 0.6 is 15.9 Å². The van der Waals surface area contributed by atoms with Crippen molar-refractivity contribution in [1.29, 1.82) is 0 Å². The molecule has 0 fully saturated rings. The number of nitro benzene ring substituents is 1. The van der Waals surface area contributed by atoms with Gasteiger partial charge in [-0.3, -0.25) is 10.1 Å². The van der Waals surface area contributed by atoms with Gasteiger partial charge in [0.25, 0.3) is 5.69 Å². The average molecular weight is 327 g/mol. The molecule has 0 radical (unpaired) electrons. The third-order valence-electron chi connectivity index (χ3n) is 2.42. The SMILES string of the molecule is Cc1nc(CNCc2ccc([N+](=O)[O-])cc2Br)no1. The molecule has 19 heavy (non-hydrogen) atoms. The number of nitrogens with one attached hydrogen (secondary N) is 1. The molecule has 0 saturated carbocycles. The molecule has 0 bridgehead atoms. The summed E-state index contributed by atoms with van der Waals surface area (Å²) in [6, 6.07) is 4.66. The molecule has 0 saturated heterocycles. The summed E-state index contributed by atoms with van der Waals surface area (Å²) in [5.41, 5.74) is 0.982. The van der Waals surface area contributed by atoms with Crippen LogP contribution in [0, 0.1) is 17.0 Å². The predicted molar refractivity (Wildman–Crippen MR) is 70.4 cm³/mol. The van der Waals surface area contributed by atoms with Gasteiger partial charge < -0.3 is 9.84 Å². The lowest BCUT2D eigenvalue weighted by molar-refractivity contribution is -0.384. The Kier molecular flexibility index (Phi) is 4.23. The number of hydrogen-bond acceptors (Lipinski definition) is 6. The van der Waals surface area contributed by atoms with Crippen molar-refractivity contribution in [3.05, 3.63) is 50.1 Å². The Morgan fingerprint density at radius 2 is 2.26 bits per heavy atom. The highest BCUT2D eigenvalue weighted by Crippen LogP contribution is 2.22. The van der Waals surface area contributed by atoms with Gasteiger partial charge in [-0.2, -0.15) is 4.98 Å². The second-order valence-corrected chi connectivity index (χ2v) is 4.72. The number of nitro groups is 1. The summed E-state index contributed by atoms with van der Waals surface area (Å²) in [5, 5.41) is 17.5. The van der Waals surface area contributed by atoms with Gasteiger partial charge >= 0.3 is 0 Å². The molecule has 0 aliphatic heterocycles. The van der Waals surface area contributed by atoms with E-state index in [4.69, 9.17) is 4.52 Å². The number of aromatic nitrogens is 2. The summed E-state index contributed by atoms with van der Waals surface area (Å²) in [4.78, 5) is 14.2. The third kappa shape index (κ3) is 3.58. The van der Waals surface area contributed by atoms with E-state index in [0.717, 1.165) is 5.56 Å². The number of hydrogen-bond donors (Lipinski definition) is 1. The zero-order valence-electron chi connectivity index (χ0n) is 10.1. The molecule has 100 valence electrons. The fraction of sp³-hybridized carbons (Fsp3) is 0.273. The minimum Gasteiger partial charge on any atom is -0.340 e. The van der Waals surface area contributed by atoms with Crippen LogP contribution in [0.1, 0.15) is 17.3 Å². The molecule has 0 spiro atoms. The van der Waals surface area contributed by atoms with Gasteiger partial charge in [-0.15, -0.1) is 0 Å². The fourth-order valence-corrected chi connectivity index (χ4v) is 2.02. The summed E-state index contributed by atoms with van der Waals surface area (Å²) >= 11 is 3.31. The molecule has 1 heterocycles. The molecular weight excluding hydrogens is 316 g/mol. The fourth-order valence-electron chi connectivity index (χ4n) is 1.52. The van der Waals surface area contributed by atoms with Crippen molar-refractivity contribution >= 4 is 21.6 Å². The number of nitrogens with zero attached hydrogens (tertiary/aromatic N) is 3. The minimum atomic E-state index is -0.427. The molecule has 0 amide bonds. The van der Waals surface area contributed by atoms with E-state index in [1.54, 1.807) is 13.0 Å². The first-order chi connectivity index (χ1) is 9.06. The summed E-state index contributed by atoms with van der Waals surface area (Å²) in [7, 11) is 0. The molecule has 1 aromatic carbocycles. The van der Waals surface area contributed by atoms with Gasteiger partial charge in [-0.05, 0) is 11.6 Å². The average Bonchev–Trinajstić information content (AvgIpc) is 2.77. The van der Waals surface area contributed by atoms with Crippen molar-refractivity contribution in [1.82, 2.24) is 15.5 Å². The molecule has 1 aromatic heterocycles. The zero-order valence-corrected chi connectivity index (χ0v) is 11.7. The monoisotopic (exact) mass is 326 g/mol. The second-order valence-electron chi connectivity index (χ2n) is 3.87. The molecule has 0 aliphatic rings. The van der Waals surface area contributed by atoms with Crippen LogP contribution in [-0.4, -0.2) is 15.1 Å². The van der Waals surface area contributed by atoms with Crippen LogP contribution in [0.15, 0.2) is 27.2 Å². The normalized spacial score (nSPS) is 10.6. The molecule has 0 unspecified atom stereocenters. The number of rotatable bonds is 5. The summed E-state index contributed by atoms with van der Waals surface area (Å²) < 4.78 is 5.54. The van der Waals surface area contributed by atoms with Crippen molar-refractivity contribution in [2.45, 2.75) is 20.0 Å². The molecule has 2 aromatic rings. The van der Waals surface area contributed by atoms with E-state index >= 15 is 0 Å². The molecule has 7 nitrogen and oxygen atoms in total. The molecule has 2 rings (SSSR count). The topological polar surface area (TPSA) is 94.1 Å². The highest BCUT2D eigenvalue weighted by molar-refractivity contribution is 9.10. The van der Waals surface area contributed by atoms with Crippen molar-refractivity contribution in [2.24, 2.45) is 0 Å². The van der Waals surface area contributed by atoms with Crippen LogP contribution in [0.2, 0.25) is 0 Å². The summed E-state index contributed by atoms with van der Waals surface area (Å²) in [6.07, 6.45) is 0. The van der Waals surface area contributed by atoms with Gasteiger partial charge in [-0.25, -0.2) is 0 Å². The van der Waals surface area contributed by atoms with Crippen LogP contribution in [-0.2, 0) is 13.1 Å². The first-order valence-electron chi connectivity index (χ1n) is 5.49. The van der Waals surface area contributed by atoms with Gasteiger partial charge in [0.1, 0.15) is 0 Å². The maximum absolute atomic E-state index is 10.6. The lowest BCUT2D eigenvalue weighted by atomic mass is 10.2. The van der Waals surface area contributed by atoms with E-state index < -0.39 is 4.92 Å². The molecule has 1 N–H and O–H groups in total. The Balaban J connectivity index is 1.94. The third-order valence-corrected chi connectivity index (χ3v) is 3.15. The standard InChI is InChI=1S/C11H11BrN4O3/c1-7-14-11(15-19-7)6-13-5-8-2-3-9(16(17)18)4-10(8)12/h2-4,13H,5-6H2,1H3. The van der Waals surface area contributed by atoms with Crippen molar-refractivity contribution in [3.8, 4) is 0 Å². The van der Waals surface area contributed by atoms with E-state index in [-0.39, 0.29) is 5.69 Å². The van der Waals surface area contributed by atoms with E-state index in [1.807, 2.05) is 0 Å². The maximum Gasteiger partial charge on any atom is 0.270 e. The number of aryl methyl sites for hydroxylation is 1. The number of benzene rings is 1. The van der Waals surface area contributed by atoms with E-state index in [2.05, 4.69) is 31.4 Å². The first kappa shape index (κ1) is 13.6. The first-order valence-corrected chi connectivity index (χ1v) is 6.28. The Hall–Kier alpha value is -1.80. The Morgan fingerprint density at radius 3 is 2.84 bits per heavy atom. The van der Waals surface area contributed by atoms with Crippen LogP contribution < -0.4 is 5.32 Å². The second kappa shape index (κ2) is 5.89. The number of halogens is 1. The smallest absolute Gasteiger partial charge is 0.270 e. The molecule has 8 heteroatoms. The van der Waals surface area contributed by atoms with Gasteiger partial charge in [0.15, 0.2) is 5.82 Å². The highest BCUT2D eigenvalue weighted by atomic mass is 79.9. The van der Waals surface area contributed by atoms with E-state index in [1.165, 1.54) is 12.1 Å². The van der Waals surface area contributed by atoms with E-state index in [9.17, 15) is 10.1 Å². The van der Waals surface area contributed by atoms with Crippen molar-refractivity contribution < 1.29 is 9.45 Å². The van der Waals surface area contributed by atoms with E-state index in [0.29, 0.717) is 29.3 Å². The van der Waals surface area contributed by atoms with Gasteiger partial charge in [0, 0.05) is 30.1 Å². The highest BCUT2D eigenvalue weighted by Gasteiger charge is 2.09. The van der Waals surface area contributed by atoms with Crippen molar-refractivity contribution in [2.75, 3.05) is 0 Å².